The molecule has 0 unspecified atom stereocenters. The predicted molar refractivity (Wildman–Crippen MR) is 95.4 cm³/mol. The molecule has 24 heavy (non-hydrogen) atoms. The van der Waals surface area contributed by atoms with Crippen molar-refractivity contribution in [3.63, 3.8) is 0 Å². The molecule has 2 aromatic carbocycles. The number of hydrogen-bond donors (Lipinski definition) is 0. The SMILES string of the molecule is Cc1ccccc1/C=C/C(=O)N1CCN(c2ccc(F)cc2)CC1. The Hall–Kier alpha value is -2.62. The number of benzene rings is 2. The lowest BCUT2D eigenvalue weighted by Gasteiger charge is -2.35. The summed E-state index contributed by atoms with van der Waals surface area (Å²) in [6, 6.07) is 14.5. The number of anilines is 1. The van der Waals surface area contributed by atoms with Crippen LogP contribution in [0.15, 0.2) is 54.6 Å². The van der Waals surface area contributed by atoms with Gasteiger partial charge in [-0.15, -0.1) is 0 Å². The van der Waals surface area contributed by atoms with Gasteiger partial charge in [0.25, 0.3) is 0 Å². The molecule has 0 radical (unpaired) electrons. The van der Waals surface area contributed by atoms with Crippen molar-refractivity contribution in [2.24, 2.45) is 0 Å². The van der Waals surface area contributed by atoms with Crippen molar-refractivity contribution in [3.8, 4) is 0 Å². The van der Waals surface area contributed by atoms with Crippen molar-refractivity contribution in [3.05, 3.63) is 71.6 Å². The molecule has 0 atom stereocenters. The molecule has 3 rings (SSSR count). The van der Waals surface area contributed by atoms with E-state index in [0.717, 1.165) is 29.9 Å². The first kappa shape index (κ1) is 16.2. The zero-order valence-electron chi connectivity index (χ0n) is 13.8. The van der Waals surface area contributed by atoms with E-state index in [1.807, 2.05) is 42.2 Å². The minimum atomic E-state index is -0.228. The van der Waals surface area contributed by atoms with Gasteiger partial charge < -0.3 is 9.80 Å². The van der Waals surface area contributed by atoms with E-state index in [2.05, 4.69) is 4.90 Å². The maximum absolute atomic E-state index is 13.0. The van der Waals surface area contributed by atoms with E-state index in [1.165, 1.54) is 12.1 Å². The van der Waals surface area contributed by atoms with Crippen LogP contribution in [0.25, 0.3) is 6.08 Å². The van der Waals surface area contributed by atoms with Gasteiger partial charge in [0, 0.05) is 37.9 Å². The third kappa shape index (κ3) is 3.82. The molecular formula is C20H21FN2O. The fourth-order valence-electron chi connectivity index (χ4n) is 2.88. The Morgan fingerprint density at radius 2 is 1.67 bits per heavy atom. The molecule has 0 aliphatic carbocycles. The molecule has 0 N–H and O–H groups in total. The summed E-state index contributed by atoms with van der Waals surface area (Å²) in [6.45, 7) is 4.90. The molecule has 4 heteroatoms. The minimum Gasteiger partial charge on any atom is -0.368 e. The van der Waals surface area contributed by atoms with Crippen molar-refractivity contribution in [1.82, 2.24) is 4.90 Å². The van der Waals surface area contributed by atoms with Crippen LogP contribution in [-0.2, 0) is 4.79 Å². The quantitative estimate of drug-likeness (QED) is 0.807. The minimum absolute atomic E-state index is 0.0389. The van der Waals surface area contributed by atoms with Gasteiger partial charge in [-0.2, -0.15) is 0 Å². The number of carbonyl (C=O) groups excluding carboxylic acids is 1. The van der Waals surface area contributed by atoms with Crippen molar-refractivity contribution in [2.45, 2.75) is 6.92 Å². The van der Waals surface area contributed by atoms with E-state index in [-0.39, 0.29) is 11.7 Å². The molecule has 1 aliphatic heterocycles. The topological polar surface area (TPSA) is 23.6 Å². The zero-order chi connectivity index (χ0) is 16.9. The summed E-state index contributed by atoms with van der Waals surface area (Å²) in [6.07, 6.45) is 3.53. The van der Waals surface area contributed by atoms with Crippen LogP contribution in [0.4, 0.5) is 10.1 Å². The summed E-state index contributed by atoms with van der Waals surface area (Å²) in [4.78, 5) is 16.4. The summed E-state index contributed by atoms with van der Waals surface area (Å²) in [5, 5.41) is 0. The highest BCUT2D eigenvalue weighted by Crippen LogP contribution is 2.17. The van der Waals surface area contributed by atoms with Gasteiger partial charge in [0.05, 0.1) is 0 Å². The van der Waals surface area contributed by atoms with Gasteiger partial charge in [-0.3, -0.25) is 4.79 Å². The molecule has 2 aromatic rings. The molecule has 0 bridgehead atoms. The van der Waals surface area contributed by atoms with E-state index >= 15 is 0 Å². The Morgan fingerprint density at radius 1 is 1.00 bits per heavy atom. The summed E-state index contributed by atoms with van der Waals surface area (Å²) >= 11 is 0. The molecule has 0 aromatic heterocycles. The largest absolute Gasteiger partial charge is 0.368 e. The van der Waals surface area contributed by atoms with E-state index in [0.29, 0.717) is 13.1 Å². The van der Waals surface area contributed by atoms with E-state index in [1.54, 1.807) is 18.2 Å². The number of aryl methyl sites for hydroxylation is 1. The molecule has 0 spiro atoms. The van der Waals surface area contributed by atoms with E-state index in [4.69, 9.17) is 0 Å². The van der Waals surface area contributed by atoms with Crippen molar-refractivity contribution < 1.29 is 9.18 Å². The van der Waals surface area contributed by atoms with E-state index in [9.17, 15) is 9.18 Å². The summed E-state index contributed by atoms with van der Waals surface area (Å²) in [7, 11) is 0. The van der Waals surface area contributed by atoms with Crippen LogP contribution in [0.2, 0.25) is 0 Å². The zero-order valence-corrected chi connectivity index (χ0v) is 13.8. The second-order valence-electron chi connectivity index (χ2n) is 5.98. The molecule has 1 aliphatic rings. The standard InChI is InChI=1S/C20H21FN2O/c1-16-4-2-3-5-17(16)6-11-20(24)23-14-12-22(13-15-23)19-9-7-18(21)8-10-19/h2-11H,12-15H2,1H3/b11-6+. The fraction of sp³-hybridized carbons (Fsp3) is 0.250. The van der Waals surface area contributed by atoms with Crippen LogP contribution in [0.5, 0.6) is 0 Å². The normalized spacial score (nSPS) is 15.1. The van der Waals surface area contributed by atoms with Crippen LogP contribution in [-0.4, -0.2) is 37.0 Å². The maximum Gasteiger partial charge on any atom is 0.246 e. The molecule has 124 valence electrons. The lowest BCUT2D eigenvalue weighted by atomic mass is 10.1. The number of rotatable bonds is 3. The molecule has 1 fully saturated rings. The number of halogens is 1. The molecule has 1 saturated heterocycles. The predicted octanol–water partition coefficient (Wildman–Crippen LogP) is 3.50. The van der Waals surface area contributed by atoms with Gasteiger partial charge >= 0.3 is 0 Å². The van der Waals surface area contributed by atoms with Crippen LogP contribution < -0.4 is 4.90 Å². The molecule has 3 nitrogen and oxygen atoms in total. The first-order chi connectivity index (χ1) is 11.6. The van der Waals surface area contributed by atoms with Gasteiger partial charge in [0.15, 0.2) is 0 Å². The lowest BCUT2D eigenvalue weighted by Crippen LogP contribution is -2.48. The summed E-state index contributed by atoms with van der Waals surface area (Å²) < 4.78 is 13.0. The summed E-state index contributed by atoms with van der Waals surface area (Å²) in [5.41, 5.74) is 3.22. The Morgan fingerprint density at radius 3 is 2.33 bits per heavy atom. The summed E-state index contributed by atoms with van der Waals surface area (Å²) in [5.74, 6) is -0.189. The van der Waals surface area contributed by atoms with Gasteiger partial charge in [-0.25, -0.2) is 4.39 Å². The number of carbonyl (C=O) groups is 1. The smallest absolute Gasteiger partial charge is 0.246 e. The van der Waals surface area contributed by atoms with Crippen molar-refractivity contribution in [1.29, 1.82) is 0 Å². The Balaban J connectivity index is 1.57. The molecular weight excluding hydrogens is 303 g/mol. The van der Waals surface area contributed by atoms with Crippen LogP contribution in [0.3, 0.4) is 0 Å². The van der Waals surface area contributed by atoms with Crippen LogP contribution in [0.1, 0.15) is 11.1 Å². The first-order valence-corrected chi connectivity index (χ1v) is 8.16. The van der Waals surface area contributed by atoms with Gasteiger partial charge in [0.2, 0.25) is 5.91 Å². The van der Waals surface area contributed by atoms with Crippen molar-refractivity contribution in [2.75, 3.05) is 31.1 Å². The Kier molecular flexibility index (Phi) is 4.94. The van der Waals surface area contributed by atoms with Gasteiger partial charge in [-0.1, -0.05) is 24.3 Å². The van der Waals surface area contributed by atoms with Crippen LogP contribution >= 0.6 is 0 Å². The second kappa shape index (κ2) is 7.30. The highest BCUT2D eigenvalue weighted by molar-refractivity contribution is 5.92. The van der Waals surface area contributed by atoms with Gasteiger partial charge in [0.1, 0.15) is 5.82 Å². The number of hydrogen-bond acceptors (Lipinski definition) is 2. The Bertz CT molecular complexity index is 732. The monoisotopic (exact) mass is 324 g/mol. The highest BCUT2D eigenvalue weighted by Gasteiger charge is 2.19. The third-order valence-corrected chi connectivity index (χ3v) is 4.38. The molecule has 1 amide bonds. The van der Waals surface area contributed by atoms with Gasteiger partial charge in [-0.05, 0) is 48.4 Å². The first-order valence-electron chi connectivity index (χ1n) is 8.16. The number of piperazine rings is 1. The average molecular weight is 324 g/mol. The highest BCUT2D eigenvalue weighted by atomic mass is 19.1. The van der Waals surface area contributed by atoms with Crippen molar-refractivity contribution >= 4 is 17.7 Å². The maximum atomic E-state index is 13.0. The third-order valence-electron chi connectivity index (χ3n) is 4.38. The van der Waals surface area contributed by atoms with E-state index < -0.39 is 0 Å². The Labute approximate surface area is 142 Å². The number of amides is 1. The van der Waals surface area contributed by atoms with Crippen LogP contribution in [0, 0.1) is 12.7 Å². The second-order valence-corrected chi connectivity index (χ2v) is 5.98. The lowest BCUT2D eigenvalue weighted by molar-refractivity contribution is -0.126. The molecule has 0 saturated carbocycles. The fourth-order valence-corrected chi connectivity index (χ4v) is 2.88. The molecule has 1 heterocycles. The number of nitrogens with zero attached hydrogens (tertiary/aromatic N) is 2. The average Bonchev–Trinajstić information content (AvgIpc) is 2.62.